The smallest absolute Gasteiger partial charge is 0.229 e. The lowest BCUT2D eigenvalue weighted by atomic mass is 10.1. The Kier molecular flexibility index (Phi) is 3.53. The van der Waals surface area contributed by atoms with Gasteiger partial charge in [-0.05, 0) is 58.1 Å². The van der Waals surface area contributed by atoms with Crippen LogP contribution in [0.15, 0.2) is 47.1 Å². The molecule has 1 aromatic carbocycles. The molecule has 0 radical (unpaired) electrons. The van der Waals surface area contributed by atoms with Crippen LogP contribution in [0, 0.1) is 11.7 Å². The average molecular weight is 335 g/mol. The molecule has 5 heteroatoms. The molecule has 0 saturated heterocycles. The third kappa shape index (κ3) is 2.88. The highest BCUT2D eigenvalue weighted by atomic mass is 79.9. The van der Waals surface area contributed by atoms with Gasteiger partial charge in [0.05, 0.1) is 0 Å². The minimum Gasteiger partial charge on any atom is -0.310 e. The molecule has 0 spiro atoms. The maximum atomic E-state index is 13.2. The highest BCUT2D eigenvalue weighted by Crippen LogP contribution is 2.48. The summed E-state index contributed by atoms with van der Waals surface area (Å²) in [4.78, 5) is 16.3. The molecule has 1 aliphatic carbocycles. The first-order valence-electron chi connectivity index (χ1n) is 6.32. The van der Waals surface area contributed by atoms with Crippen LogP contribution in [0.5, 0.6) is 0 Å². The fourth-order valence-electron chi connectivity index (χ4n) is 2.29. The van der Waals surface area contributed by atoms with Crippen LogP contribution in [-0.2, 0) is 4.79 Å². The first kappa shape index (κ1) is 13.2. The zero-order valence-electron chi connectivity index (χ0n) is 10.5. The highest BCUT2D eigenvalue weighted by Gasteiger charge is 2.44. The Hall–Kier alpha value is -1.75. The van der Waals surface area contributed by atoms with Crippen LogP contribution < -0.4 is 5.32 Å². The van der Waals surface area contributed by atoms with Gasteiger partial charge in [0.1, 0.15) is 16.2 Å². The van der Waals surface area contributed by atoms with E-state index in [-0.39, 0.29) is 23.6 Å². The number of amides is 1. The molecule has 2 aromatic rings. The Morgan fingerprint density at radius 1 is 1.30 bits per heavy atom. The minimum absolute atomic E-state index is 0.0649. The summed E-state index contributed by atoms with van der Waals surface area (Å²) < 4.78 is 13.8. The first-order chi connectivity index (χ1) is 9.63. The van der Waals surface area contributed by atoms with Crippen LogP contribution in [0.3, 0.4) is 0 Å². The van der Waals surface area contributed by atoms with E-state index in [4.69, 9.17) is 0 Å². The zero-order valence-corrected chi connectivity index (χ0v) is 12.1. The zero-order chi connectivity index (χ0) is 14.1. The Morgan fingerprint density at radius 2 is 2.10 bits per heavy atom. The van der Waals surface area contributed by atoms with Gasteiger partial charge in [0.2, 0.25) is 5.91 Å². The number of rotatable bonds is 3. The van der Waals surface area contributed by atoms with Gasteiger partial charge in [-0.25, -0.2) is 9.37 Å². The third-order valence-corrected chi connectivity index (χ3v) is 3.81. The van der Waals surface area contributed by atoms with Gasteiger partial charge in [-0.15, -0.1) is 0 Å². The van der Waals surface area contributed by atoms with Crippen molar-refractivity contribution >= 4 is 27.7 Å². The van der Waals surface area contributed by atoms with E-state index in [0.29, 0.717) is 10.4 Å². The lowest BCUT2D eigenvalue weighted by Gasteiger charge is -2.04. The summed E-state index contributed by atoms with van der Waals surface area (Å²) in [5, 5.41) is 2.79. The largest absolute Gasteiger partial charge is 0.310 e. The minimum atomic E-state index is -0.262. The summed E-state index contributed by atoms with van der Waals surface area (Å²) in [5.41, 5.74) is 0.882. The molecule has 0 bridgehead atoms. The number of hydrogen-bond donors (Lipinski definition) is 1. The molecular formula is C15H12BrFN2O. The van der Waals surface area contributed by atoms with E-state index in [2.05, 4.69) is 26.2 Å². The maximum absolute atomic E-state index is 13.2. The van der Waals surface area contributed by atoms with E-state index < -0.39 is 0 Å². The Labute approximate surface area is 124 Å². The summed E-state index contributed by atoms with van der Waals surface area (Å²) in [6.07, 6.45) is 0.753. The van der Waals surface area contributed by atoms with Crippen molar-refractivity contribution in [2.24, 2.45) is 5.92 Å². The molecule has 0 unspecified atom stereocenters. The molecule has 1 aromatic heterocycles. The van der Waals surface area contributed by atoms with Gasteiger partial charge in [0.15, 0.2) is 0 Å². The SMILES string of the molecule is O=C(Nc1cccc(Br)n1)[C@H]1C[C@@H]1c1cccc(F)c1. The predicted octanol–water partition coefficient (Wildman–Crippen LogP) is 3.73. The lowest BCUT2D eigenvalue weighted by molar-refractivity contribution is -0.117. The summed E-state index contributed by atoms with van der Waals surface area (Å²) in [6.45, 7) is 0. The van der Waals surface area contributed by atoms with Crippen LogP contribution >= 0.6 is 15.9 Å². The van der Waals surface area contributed by atoms with Gasteiger partial charge >= 0.3 is 0 Å². The predicted molar refractivity (Wildman–Crippen MR) is 77.8 cm³/mol. The van der Waals surface area contributed by atoms with Crippen molar-refractivity contribution in [2.45, 2.75) is 12.3 Å². The summed E-state index contributed by atoms with van der Waals surface area (Å²) in [7, 11) is 0. The number of pyridine rings is 1. The monoisotopic (exact) mass is 334 g/mol. The number of hydrogen-bond acceptors (Lipinski definition) is 2. The lowest BCUT2D eigenvalue weighted by Crippen LogP contribution is -2.15. The van der Waals surface area contributed by atoms with Gasteiger partial charge in [-0.1, -0.05) is 18.2 Å². The summed E-state index contributed by atoms with van der Waals surface area (Å²) in [5.74, 6) is 0.205. The Morgan fingerprint density at radius 3 is 2.85 bits per heavy atom. The number of anilines is 1. The van der Waals surface area contributed by atoms with E-state index in [0.717, 1.165) is 12.0 Å². The number of halogens is 2. The Balaban J connectivity index is 1.66. The van der Waals surface area contributed by atoms with Gasteiger partial charge in [-0.3, -0.25) is 4.79 Å². The molecule has 1 amide bonds. The molecular weight excluding hydrogens is 323 g/mol. The number of aromatic nitrogens is 1. The van der Waals surface area contributed by atoms with Gasteiger partial charge in [0.25, 0.3) is 0 Å². The molecule has 1 N–H and O–H groups in total. The van der Waals surface area contributed by atoms with Crippen molar-refractivity contribution in [3.8, 4) is 0 Å². The van der Waals surface area contributed by atoms with Crippen LogP contribution in [0.4, 0.5) is 10.2 Å². The number of carbonyl (C=O) groups is 1. The van der Waals surface area contributed by atoms with Crippen molar-refractivity contribution in [2.75, 3.05) is 5.32 Å². The van der Waals surface area contributed by atoms with Crippen LogP contribution in [-0.4, -0.2) is 10.9 Å². The van der Waals surface area contributed by atoms with Crippen molar-refractivity contribution in [1.82, 2.24) is 4.98 Å². The Bertz CT molecular complexity index is 662. The quantitative estimate of drug-likeness (QED) is 0.869. The van der Waals surface area contributed by atoms with Gasteiger partial charge in [-0.2, -0.15) is 0 Å². The van der Waals surface area contributed by atoms with Crippen molar-refractivity contribution in [3.05, 3.63) is 58.4 Å². The second-order valence-corrected chi connectivity index (χ2v) is 5.65. The maximum Gasteiger partial charge on any atom is 0.229 e. The molecule has 1 saturated carbocycles. The number of carbonyl (C=O) groups excluding carboxylic acids is 1. The van der Waals surface area contributed by atoms with E-state index >= 15 is 0 Å². The van der Waals surface area contributed by atoms with E-state index in [1.807, 2.05) is 12.1 Å². The summed E-state index contributed by atoms with van der Waals surface area (Å²) in [6, 6.07) is 11.8. The van der Waals surface area contributed by atoms with Gasteiger partial charge in [0, 0.05) is 5.92 Å². The number of nitrogens with one attached hydrogen (secondary N) is 1. The molecule has 102 valence electrons. The van der Waals surface area contributed by atoms with Crippen LogP contribution in [0.1, 0.15) is 17.9 Å². The topological polar surface area (TPSA) is 42.0 Å². The van der Waals surface area contributed by atoms with Crippen molar-refractivity contribution < 1.29 is 9.18 Å². The standard InChI is InChI=1S/C15H12BrFN2O/c16-13-5-2-6-14(18-13)19-15(20)12-8-11(12)9-3-1-4-10(17)7-9/h1-7,11-12H,8H2,(H,18,19,20)/t11-,12+/m1/s1. The molecule has 1 aliphatic rings. The molecule has 20 heavy (non-hydrogen) atoms. The van der Waals surface area contributed by atoms with Crippen LogP contribution in [0.25, 0.3) is 0 Å². The molecule has 3 rings (SSSR count). The molecule has 3 nitrogen and oxygen atoms in total. The number of benzene rings is 1. The number of nitrogens with zero attached hydrogens (tertiary/aromatic N) is 1. The van der Waals surface area contributed by atoms with Crippen molar-refractivity contribution in [3.63, 3.8) is 0 Å². The average Bonchev–Trinajstić information content (AvgIpc) is 3.19. The van der Waals surface area contributed by atoms with Gasteiger partial charge < -0.3 is 5.32 Å². The van der Waals surface area contributed by atoms with E-state index in [9.17, 15) is 9.18 Å². The third-order valence-electron chi connectivity index (χ3n) is 3.37. The highest BCUT2D eigenvalue weighted by molar-refractivity contribution is 9.10. The molecule has 1 heterocycles. The van der Waals surface area contributed by atoms with E-state index in [1.165, 1.54) is 12.1 Å². The second kappa shape index (κ2) is 5.32. The molecule has 1 fully saturated rings. The normalized spacial score (nSPS) is 20.5. The second-order valence-electron chi connectivity index (χ2n) is 4.84. The fraction of sp³-hybridized carbons (Fsp3) is 0.200. The van der Waals surface area contributed by atoms with Crippen molar-refractivity contribution in [1.29, 1.82) is 0 Å². The summed E-state index contributed by atoms with van der Waals surface area (Å²) >= 11 is 3.26. The van der Waals surface area contributed by atoms with Crippen LogP contribution in [0.2, 0.25) is 0 Å². The van der Waals surface area contributed by atoms with E-state index in [1.54, 1.807) is 18.2 Å². The first-order valence-corrected chi connectivity index (χ1v) is 7.11. The molecule has 0 aliphatic heterocycles. The fourth-order valence-corrected chi connectivity index (χ4v) is 2.63. The molecule has 2 atom stereocenters.